The van der Waals surface area contributed by atoms with Crippen LogP contribution < -0.4 is 0 Å². The number of rotatable bonds is 3. The Bertz CT molecular complexity index is 589. The molecule has 0 bridgehead atoms. The largest absolute Gasteiger partial charge is 0.347 e. The topological polar surface area (TPSA) is 36.3 Å². The van der Waals surface area contributed by atoms with Crippen LogP contribution in [0.1, 0.15) is 5.82 Å². The predicted octanol–water partition coefficient (Wildman–Crippen LogP) is 2.40. The number of aromatic nitrogens is 2. The molecule has 1 aliphatic heterocycles. The second-order valence-electron chi connectivity index (χ2n) is 4.08. The van der Waals surface area contributed by atoms with Gasteiger partial charge in [0.25, 0.3) is 0 Å². The number of benzene rings is 1. The van der Waals surface area contributed by atoms with E-state index in [4.69, 9.17) is 9.47 Å². The molecular weight excluding hydrogens is 247 g/mol. The number of nitrogens with zero attached hydrogens (tertiary/aromatic N) is 2. The Hall–Kier alpha value is -1.98. The van der Waals surface area contributed by atoms with E-state index in [0.717, 1.165) is 0 Å². The highest BCUT2D eigenvalue weighted by Gasteiger charge is 2.12. The van der Waals surface area contributed by atoms with Gasteiger partial charge >= 0.3 is 0 Å². The molecule has 0 saturated carbocycles. The van der Waals surface area contributed by atoms with Gasteiger partial charge in [-0.05, 0) is 24.3 Å². The van der Waals surface area contributed by atoms with Crippen molar-refractivity contribution < 1.29 is 13.9 Å². The summed E-state index contributed by atoms with van der Waals surface area (Å²) in [6.07, 6.45) is 6.54. The first-order chi connectivity index (χ1) is 9.34. The van der Waals surface area contributed by atoms with Crippen molar-refractivity contribution in [1.29, 1.82) is 0 Å². The number of hydrogen-bond acceptors (Lipinski definition) is 3. The fourth-order valence-electron chi connectivity index (χ4n) is 1.94. The van der Waals surface area contributed by atoms with Crippen LogP contribution in [0, 0.1) is 5.82 Å². The van der Waals surface area contributed by atoms with E-state index in [-0.39, 0.29) is 12.1 Å². The maximum absolute atomic E-state index is 13.8. The van der Waals surface area contributed by atoms with Crippen LogP contribution in [0.25, 0.3) is 11.8 Å². The number of para-hydroxylation sites is 1. The standard InChI is InChI=1S/C14H13FN2O2/c15-11-3-1-2-4-12(11)17-8-7-16-13(17)5-6-14-18-9-10-19-14/h1-8,14H,9-10H2/b6-5+. The van der Waals surface area contributed by atoms with Gasteiger partial charge in [0.1, 0.15) is 11.6 Å². The molecule has 1 aromatic heterocycles. The van der Waals surface area contributed by atoms with Gasteiger partial charge in [-0.15, -0.1) is 0 Å². The molecule has 4 nitrogen and oxygen atoms in total. The summed E-state index contributed by atoms with van der Waals surface area (Å²) in [5.74, 6) is 0.340. The highest BCUT2D eigenvalue weighted by atomic mass is 19.1. The monoisotopic (exact) mass is 260 g/mol. The van der Waals surface area contributed by atoms with Crippen molar-refractivity contribution in [2.24, 2.45) is 0 Å². The lowest BCUT2D eigenvalue weighted by molar-refractivity contribution is -0.000930. The lowest BCUT2D eigenvalue weighted by Crippen LogP contribution is -2.03. The minimum atomic E-state index is -0.342. The highest BCUT2D eigenvalue weighted by molar-refractivity contribution is 5.47. The van der Waals surface area contributed by atoms with E-state index < -0.39 is 0 Å². The van der Waals surface area contributed by atoms with Crippen LogP contribution in [0.3, 0.4) is 0 Å². The SMILES string of the molecule is Fc1ccccc1-n1ccnc1/C=C/C1OCCO1. The minimum Gasteiger partial charge on any atom is -0.347 e. The van der Waals surface area contributed by atoms with Gasteiger partial charge in [0.05, 0.1) is 18.9 Å². The summed E-state index contributed by atoms with van der Waals surface area (Å²) in [6, 6.07) is 6.57. The fraction of sp³-hybridized carbons (Fsp3) is 0.214. The first-order valence-corrected chi connectivity index (χ1v) is 6.04. The van der Waals surface area contributed by atoms with E-state index in [1.807, 2.05) is 0 Å². The third-order valence-corrected chi connectivity index (χ3v) is 2.83. The molecule has 1 fully saturated rings. The van der Waals surface area contributed by atoms with Gasteiger partial charge in [-0.1, -0.05) is 12.1 Å². The second kappa shape index (κ2) is 5.34. The minimum absolute atomic E-state index is 0.288. The molecular formula is C14H13FN2O2. The Kier molecular flexibility index (Phi) is 3.39. The molecule has 0 amide bonds. The summed E-state index contributed by atoms with van der Waals surface area (Å²) in [6.45, 7) is 1.19. The van der Waals surface area contributed by atoms with E-state index in [2.05, 4.69) is 4.98 Å². The Labute approximate surface area is 110 Å². The summed E-state index contributed by atoms with van der Waals surface area (Å²) in [5.41, 5.74) is 0.466. The van der Waals surface area contributed by atoms with E-state index in [1.54, 1.807) is 47.3 Å². The molecule has 1 aliphatic rings. The molecule has 1 aromatic carbocycles. The quantitative estimate of drug-likeness (QED) is 0.850. The highest BCUT2D eigenvalue weighted by Crippen LogP contribution is 2.16. The fourth-order valence-corrected chi connectivity index (χ4v) is 1.94. The average Bonchev–Trinajstić information content (AvgIpc) is 3.08. The number of ether oxygens (including phenoxy) is 2. The van der Waals surface area contributed by atoms with Crippen molar-refractivity contribution in [3.05, 3.63) is 54.4 Å². The maximum atomic E-state index is 13.8. The first-order valence-electron chi connectivity index (χ1n) is 6.04. The number of imidazole rings is 1. The van der Waals surface area contributed by atoms with Crippen LogP contribution in [-0.4, -0.2) is 29.1 Å². The number of hydrogen-bond donors (Lipinski definition) is 0. The van der Waals surface area contributed by atoms with Gasteiger partial charge in [-0.3, -0.25) is 4.57 Å². The molecule has 0 spiro atoms. The Morgan fingerprint density at radius 2 is 2.05 bits per heavy atom. The Balaban J connectivity index is 1.88. The molecule has 2 heterocycles. The van der Waals surface area contributed by atoms with Crippen LogP contribution in [0.2, 0.25) is 0 Å². The molecule has 1 saturated heterocycles. The van der Waals surface area contributed by atoms with Gasteiger partial charge in [0.15, 0.2) is 6.29 Å². The third kappa shape index (κ3) is 2.57. The zero-order valence-electron chi connectivity index (χ0n) is 10.2. The molecule has 2 aromatic rings. The summed E-state index contributed by atoms with van der Waals surface area (Å²) in [5, 5.41) is 0. The molecule has 3 rings (SSSR count). The summed E-state index contributed by atoms with van der Waals surface area (Å²) < 4.78 is 26.0. The lowest BCUT2D eigenvalue weighted by atomic mass is 10.3. The van der Waals surface area contributed by atoms with Crippen molar-refractivity contribution in [2.75, 3.05) is 13.2 Å². The molecule has 0 unspecified atom stereocenters. The zero-order chi connectivity index (χ0) is 13.1. The van der Waals surface area contributed by atoms with Crippen molar-refractivity contribution in [3.63, 3.8) is 0 Å². The first kappa shape index (κ1) is 12.1. The molecule has 0 N–H and O–H groups in total. The molecule has 0 atom stereocenters. The predicted molar refractivity (Wildman–Crippen MR) is 68.2 cm³/mol. The van der Waals surface area contributed by atoms with Gasteiger partial charge in [-0.2, -0.15) is 0 Å². The van der Waals surface area contributed by atoms with Gasteiger partial charge < -0.3 is 9.47 Å². The Morgan fingerprint density at radius 3 is 2.84 bits per heavy atom. The van der Waals surface area contributed by atoms with Crippen LogP contribution in [-0.2, 0) is 9.47 Å². The normalized spacial score (nSPS) is 16.5. The van der Waals surface area contributed by atoms with Crippen LogP contribution >= 0.6 is 0 Å². The smallest absolute Gasteiger partial charge is 0.177 e. The second-order valence-corrected chi connectivity index (χ2v) is 4.08. The van der Waals surface area contributed by atoms with E-state index in [9.17, 15) is 4.39 Å². The van der Waals surface area contributed by atoms with Gasteiger partial charge in [-0.25, -0.2) is 9.37 Å². The lowest BCUT2D eigenvalue weighted by Gasteiger charge is -2.07. The van der Waals surface area contributed by atoms with Gasteiger partial charge in [0, 0.05) is 12.4 Å². The van der Waals surface area contributed by atoms with E-state index in [1.165, 1.54) is 6.07 Å². The van der Waals surface area contributed by atoms with Gasteiger partial charge in [0.2, 0.25) is 0 Å². The van der Waals surface area contributed by atoms with E-state index in [0.29, 0.717) is 24.7 Å². The van der Waals surface area contributed by atoms with E-state index >= 15 is 0 Å². The van der Waals surface area contributed by atoms with Crippen molar-refractivity contribution in [1.82, 2.24) is 9.55 Å². The Morgan fingerprint density at radius 1 is 1.26 bits per heavy atom. The molecule has 19 heavy (non-hydrogen) atoms. The zero-order valence-corrected chi connectivity index (χ0v) is 10.2. The number of halogens is 1. The van der Waals surface area contributed by atoms with Crippen LogP contribution in [0.4, 0.5) is 4.39 Å². The molecule has 0 radical (unpaired) electrons. The maximum Gasteiger partial charge on any atom is 0.177 e. The van der Waals surface area contributed by atoms with Crippen LogP contribution in [0.15, 0.2) is 42.7 Å². The molecule has 0 aliphatic carbocycles. The average molecular weight is 260 g/mol. The summed E-state index contributed by atoms with van der Waals surface area (Å²) in [4.78, 5) is 4.19. The molecule has 98 valence electrons. The van der Waals surface area contributed by atoms with Crippen molar-refractivity contribution in [2.45, 2.75) is 6.29 Å². The van der Waals surface area contributed by atoms with Crippen molar-refractivity contribution >= 4 is 6.08 Å². The third-order valence-electron chi connectivity index (χ3n) is 2.83. The molecule has 5 heteroatoms. The summed E-state index contributed by atoms with van der Waals surface area (Å²) >= 11 is 0. The summed E-state index contributed by atoms with van der Waals surface area (Å²) in [7, 11) is 0. The van der Waals surface area contributed by atoms with Crippen LogP contribution in [0.5, 0.6) is 0 Å². The van der Waals surface area contributed by atoms with Crippen molar-refractivity contribution in [3.8, 4) is 5.69 Å².